The molecule has 0 amide bonds. The number of aromatic nitrogens is 4. The highest BCUT2D eigenvalue weighted by atomic mass is 32.2. The summed E-state index contributed by atoms with van der Waals surface area (Å²) in [4.78, 5) is 8.92. The van der Waals surface area contributed by atoms with E-state index in [1.54, 1.807) is 20.8 Å². The molecular weight excluding hydrogens is 1200 g/mol. The number of hydrogen-bond acceptors (Lipinski definition) is 6. The van der Waals surface area contributed by atoms with Crippen LogP contribution in [0.4, 0.5) is 79.0 Å². The normalized spacial score (nSPS) is 12.3. The van der Waals surface area contributed by atoms with Crippen molar-refractivity contribution in [2.75, 3.05) is 23.0 Å². The Labute approximate surface area is 470 Å². The minimum absolute atomic E-state index is 0.0276. The van der Waals surface area contributed by atoms with Gasteiger partial charge in [0.05, 0.1) is 64.6 Å². The second kappa shape index (κ2) is 24.4. The summed E-state index contributed by atoms with van der Waals surface area (Å²) in [6.45, 7) is 4.78. The van der Waals surface area contributed by atoms with Crippen LogP contribution < -0.4 is 0 Å². The van der Waals surface area contributed by atoms with Crippen LogP contribution in [0.5, 0.6) is 0 Å². The van der Waals surface area contributed by atoms with Crippen LogP contribution in [0.15, 0.2) is 43.8 Å². The molecule has 2 aliphatic heterocycles. The van der Waals surface area contributed by atoms with Gasteiger partial charge >= 0.3 is 0 Å². The van der Waals surface area contributed by atoms with Crippen molar-refractivity contribution in [3.8, 4) is 44.5 Å². The van der Waals surface area contributed by atoms with Crippen molar-refractivity contribution in [2.45, 2.75) is 72.5 Å². The van der Waals surface area contributed by atoms with Crippen molar-refractivity contribution in [2.24, 2.45) is 0 Å². The molecule has 5 heterocycles. The Morgan fingerprint density at radius 3 is 0.720 bits per heavy atom. The average Bonchev–Trinajstić information content (AvgIpc) is 4.31. The molecule has 4 nitrogen and oxygen atoms in total. The SMILES string of the molecule is CCCSc1c(F)c(F)c(-c2c3nc(c(-c4c(F)c(F)c(SCCC)c(F)c4F)c4ccc([nH]4)c(-c4c(F)c(F)c(SCCC(F)F)c(F)c4F)c4nc(c(-c5c(F)c(F)c(SCCC)c(F)c5F)c5ccc2[nH]5)C=C4)C=C3)c(F)c1F. The number of aromatic amines is 2. The monoisotopic (exact) mass is 1230 g/mol. The van der Waals surface area contributed by atoms with E-state index in [1.165, 1.54) is 0 Å². The molecule has 0 aliphatic carbocycles. The predicted molar refractivity (Wildman–Crippen MR) is 284 cm³/mol. The standard InChI is InChI=1S/C56H36F18N4S4/c1-4-16-79-53-45(67)37(59)33(38(60)46(53)68)29-20-7-9-22(75-20)30(34-39(61)47(69)54(80-17-5-2)48(70)40(34)62)24-11-13-26(77-24)32(36-43(65)51(73)56(52(74)44(36)66)82-19-15-28(57)58)27-14-12-25(78-27)31(23-10-8-21(29)76-23)35-41(63)49(71)55(81-18-6-3)50(72)42(35)64/h7-14,28,75,78H,4-6,15-19H2,1-3H3. The second-order valence-corrected chi connectivity index (χ2v) is 22.3. The van der Waals surface area contributed by atoms with Crippen molar-refractivity contribution >= 4 is 93.4 Å². The van der Waals surface area contributed by atoms with Crippen LogP contribution in [0.1, 0.15) is 69.2 Å². The third kappa shape index (κ3) is 10.6. The highest BCUT2D eigenvalue weighted by Gasteiger charge is 2.35. The first-order valence-corrected chi connectivity index (χ1v) is 28.4. The summed E-state index contributed by atoms with van der Waals surface area (Å²) in [7, 11) is 0. The summed E-state index contributed by atoms with van der Waals surface area (Å²) < 4.78 is 289. The summed E-state index contributed by atoms with van der Waals surface area (Å²) in [5.41, 5.74) is -16.4. The van der Waals surface area contributed by atoms with E-state index in [9.17, 15) is 8.78 Å². The van der Waals surface area contributed by atoms with Gasteiger partial charge in [0.2, 0.25) is 6.43 Å². The molecule has 2 N–H and O–H groups in total. The molecule has 0 radical (unpaired) electrons. The van der Waals surface area contributed by atoms with E-state index in [0.717, 1.165) is 48.6 Å². The molecule has 7 aromatic rings. The lowest BCUT2D eigenvalue weighted by Crippen LogP contribution is -2.05. The molecule has 4 aromatic carbocycles. The maximum Gasteiger partial charge on any atom is 0.239 e. The van der Waals surface area contributed by atoms with E-state index in [2.05, 4.69) is 19.9 Å². The number of rotatable bonds is 17. The average molecular weight is 1240 g/mol. The third-order valence-electron chi connectivity index (χ3n) is 12.6. The quantitative estimate of drug-likeness (QED) is 0.0538. The van der Waals surface area contributed by atoms with E-state index in [0.29, 0.717) is 35.3 Å². The highest BCUT2D eigenvalue weighted by Crippen LogP contribution is 2.47. The zero-order valence-corrected chi connectivity index (χ0v) is 45.4. The van der Waals surface area contributed by atoms with Gasteiger partial charge in [-0.1, -0.05) is 20.8 Å². The number of halogens is 18. The number of fused-ring (bicyclic) bond motifs is 8. The molecule has 0 atom stereocenters. The minimum Gasteiger partial charge on any atom is -0.354 e. The van der Waals surface area contributed by atoms with E-state index in [-0.39, 0.29) is 48.3 Å². The van der Waals surface area contributed by atoms with Gasteiger partial charge in [0.1, 0.15) is 0 Å². The highest BCUT2D eigenvalue weighted by molar-refractivity contribution is 8.00. The lowest BCUT2D eigenvalue weighted by molar-refractivity contribution is 0.145. The molecule has 2 aliphatic rings. The number of nitrogens with zero attached hydrogens (tertiary/aromatic N) is 2. The van der Waals surface area contributed by atoms with Crippen molar-refractivity contribution in [1.29, 1.82) is 0 Å². The van der Waals surface area contributed by atoms with Crippen LogP contribution in [-0.4, -0.2) is 49.4 Å². The number of H-pyrrole nitrogens is 2. The fraction of sp³-hybridized carbons (Fsp3) is 0.214. The molecule has 0 unspecified atom stereocenters. The minimum atomic E-state index is -3.01. The summed E-state index contributed by atoms with van der Waals surface area (Å²) in [6, 6.07) is 3.41. The molecule has 9 rings (SSSR count). The van der Waals surface area contributed by atoms with E-state index < -0.39 is 221 Å². The molecular formula is C56H36F18N4S4. The van der Waals surface area contributed by atoms with Crippen molar-refractivity contribution in [3.63, 3.8) is 0 Å². The summed E-state index contributed by atoms with van der Waals surface area (Å²) in [5, 5.41) is 0. The van der Waals surface area contributed by atoms with E-state index in [1.807, 2.05) is 0 Å². The maximum atomic E-state index is 16.8. The first-order chi connectivity index (χ1) is 39.1. The fourth-order valence-corrected chi connectivity index (χ4v) is 12.4. The van der Waals surface area contributed by atoms with Crippen molar-refractivity contribution in [3.05, 3.63) is 140 Å². The number of alkyl halides is 2. The van der Waals surface area contributed by atoms with Gasteiger partial charge in [0.15, 0.2) is 93.1 Å². The second-order valence-electron chi connectivity index (χ2n) is 17.9. The number of nitrogens with one attached hydrogen (secondary N) is 2. The molecule has 0 saturated carbocycles. The number of benzene rings is 4. The van der Waals surface area contributed by atoms with Gasteiger partial charge < -0.3 is 9.97 Å². The Morgan fingerprint density at radius 1 is 0.317 bits per heavy atom. The van der Waals surface area contributed by atoms with Gasteiger partial charge in [0.25, 0.3) is 0 Å². The molecule has 0 spiro atoms. The molecule has 26 heteroatoms. The number of hydrogen-bond donors (Lipinski definition) is 2. The van der Waals surface area contributed by atoms with Crippen LogP contribution >= 0.6 is 47.0 Å². The lowest BCUT2D eigenvalue weighted by Gasteiger charge is -2.14. The van der Waals surface area contributed by atoms with Crippen LogP contribution in [0.2, 0.25) is 0 Å². The van der Waals surface area contributed by atoms with Gasteiger partial charge in [-0.3, -0.25) is 0 Å². The van der Waals surface area contributed by atoms with Crippen LogP contribution in [-0.2, 0) is 0 Å². The predicted octanol–water partition coefficient (Wildman–Crippen LogP) is 19.8. The van der Waals surface area contributed by atoms with Gasteiger partial charge in [-0.2, -0.15) is 0 Å². The van der Waals surface area contributed by atoms with Crippen LogP contribution in [0, 0.1) is 93.1 Å². The maximum absolute atomic E-state index is 16.8. The number of thioether (sulfide) groups is 4. The van der Waals surface area contributed by atoms with E-state index in [4.69, 9.17) is 0 Å². The summed E-state index contributed by atoms with van der Waals surface area (Å²) in [5.74, 6) is -33.7. The Balaban J connectivity index is 1.53. The Kier molecular flexibility index (Phi) is 18.0. The molecule has 0 fully saturated rings. The molecule has 82 heavy (non-hydrogen) atoms. The first kappa shape index (κ1) is 60.2. The smallest absolute Gasteiger partial charge is 0.239 e. The Morgan fingerprint density at radius 2 is 0.524 bits per heavy atom. The molecule has 430 valence electrons. The van der Waals surface area contributed by atoms with Gasteiger partial charge in [0, 0.05) is 56.5 Å². The van der Waals surface area contributed by atoms with Gasteiger partial charge in [-0.05, 0) is 85.1 Å². The van der Waals surface area contributed by atoms with Crippen molar-refractivity contribution in [1.82, 2.24) is 19.9 Å². The summed E-state index contributed by atoms with van der Waals surface area (Å²) in [6.07, 6.45) is 0.0968. The summed E-state index contributed by atoms with van der Waals surface area (Å²) >= 11 is 1.16. The largest absolute Gasteiger partial charge is 0.354 e. The van der Waals surface area contributed by atoms with Gasteiger partial charge in [-0.25, -0.2) is 89.0 Å². The molecule has 8 bridgehead atoms. The zero-order valence-electron chi connectivity index (χ0n) is 42.2. The zero-order chi connectivity index (χ0) is 59.3. The fourth-order valence-electron chi connectivity index (χ4n) is 8.95. The van der Waals surface area contributed by atoms with Crippen LogP contribution in [0.25, 0.3) is 90.9 Å². The Bertz CT molecular complexity index is 3820. The van der Waals surface area contributed by atoms with E-state index >= 15 is 70.2 Å². The lowest BCUT2D eigenvalue weighted by atomic mass is 10.0. The third-order valence-corrected chi connectivity index (χ3v) is 17.4. The van der Waals surface area contributed by atoms with Gasteiger partial charge in [-0.15, -0.1) is 47.0 Å². The first-order valence-electron chi connectivity index (χ1n) is 24.5. The molecule has 0 saturated heterocycles. The topological polar surface area (TPSA) is 57.4 Å². The molecule has 3 aromatic heterocycles. The van der Waals surface area contributed by atoms with Crippen LogP contribution in [0.3, 0.4) is 0 Å². The van der Waals surface area contributed by atoms with Crippen molar-refractivity contribution < 1.29 is 79.0 Å². The Hall–Kier alpha value is -6.38.